The molecule has 0 bridgehead atoms. The molecule has 2 heterocycles. The van der Waals surface area contributed by atoms with Crippen LogP contribution < -0.4 is 4.74 Å². The minimum atomic E-state index is 0.542. The van der Waals surface area contributed by atoms with Gasteiger partial charge >= 0.3 is 0 Å². The summed E-state index contributed by atoms with van der Waals surface area (Å²) < 4.78 is 7.98. The molecular weight excluding hydrogens is 443 g/mol. The first kappa shape index (κ1) is 16.7. The van der Waals surface area contributed by atoms with Crippen LogP contribution in [0.4, 0.5) is 0 Å². The van der Waals surface area contributed by atoms with Gasteiger partial charge in [-0.1, -0.05) is 30.3 Å². The molecule has 0 fully saturated rings. The van der Waals surface area contributed by atoms with Crippen molar-refractivity contribution in [1.29, 1.82) is 0 Å². The van der Waals surface area contributed by atoms with Gasteiger partial charge in [0.15, 0.2) is 0 Å². The second kappa shape index (κ2) is 7.24. The number of hydrogen-bond acceptors (Lipinski definition) is 5. The van der Waals surface area contributed by atoms with Gasteiger partial charge in [-0.15, -0.1) is 10.2 Å². The number of methoxy groups -OCH3 is 1. The largest absolute Gasteiger partial charge is 0.497 e. The molecule has 0 aliphatic carbocycles. The van der Waals surface area contributed by atoms with Gasteiger partial charge in [0.25, 0.3) is 0 Å². The van der Waals surface area contributed by atoms with E-state index in [4.69, 9.17) is 4.74 Å². The van der Waals surface area contributed by atoms with E-state index in [0.29, 0.717) is 12.4 Å². The van der Waals surface area contributed by atoms with E-state index in [2.05, 4.69) is 43.1 Å². The highest BCUT2D eigenvalue weighted by atomic mass is 127. The lowest BCUT2D eigenvalue weighted by molar-refractivity contribution is 0.414. The first-order valence-electron chi connectivity index (χ1n) is 7.94. The summed E-state index contributed by atoms with van der Waals surface area (Å²) in [7, 11) is 1.65. The Balaban J connectivity index is 1.57. The van der Waals surface area contributed by atoms with Crippen molar-refractivity contribution >= 4 is 22.6 Å². The van der Waals surface area contributed by atoms with Crippen LogP contribution in [0.2, 0.25) is 0 Å². The third-order valence-electron chi connectivity index (χ3n) is 3.89. The van der Waals surface area contributed by atoms with Gasteiger partial charge in [0.1, 0.15) is 9.45 Å². The standard InChI is InChI=1S/C18H15IN6O/c1-26-15-9-7-13(8-10-15)12-24-22-18(21-23-24)16-11-20-25(17(16)19)14-5-3-2-4-6-14/h2-11H,12H2,1H3. The zero-order chi connectivity index (χ0) is 17.9. The van der Waals surface area contributed by atoms with Gasteiger partial charge in [-0.3, -0.25) is 0 Å². The van der Waals surface area contributed by atoms with E-state index >= 15 is 0 Å². The Kier molecular flexibility index (Phi) is 4.65. The number of hydrogen-bond donors (Lipinski definition) is 0. The summed E-state index contributed by atoms with van der Waals surface area (Å²) >= 11 is 2.25. The highest BCUT2D eigenvalue weighted by molar-refractivity contribution is 14.1. The summed E-state index contributed by atoms with van der Waals surface area (Å²) in [5, 5.41) is 17.3. The number of nitrogens with zero attached hydrogens (tertiary/aromatic N) is 6. The Labute approximate surface area is 163 Å². The average Bonchev–Trinajstić information content (AvgIpc) is 3.29. The third-order valence-corrected chi connectivity index (χ3v) is 4.93. The number of rotatable bonds is 5. The number of halogens is 1. The van der Waals surface area contributed by atoms with E-state index in [-0.39, 0.29) is 0 Å². The first-order valence-corrected chi connectivity index (χ1v) is 9.02. The average molecular weight is 458 g/mol. The van der Waals surface area contributed by atoms with Crippen LogP contribution in [0.3, 0.4) is 0 Å². The smallest absolute Gasteiger partial charge is 0.209 e. The van der Waals surface area contributed by atoms with Crippen LogP contribution in [-0.4, -0.2) is 37.1 Å². The van der Waals surface area contributed by atoms with Crippen LogP contribution in [0.15, 0.2) is 60.8 Å². The maximum absolute atomic E-state index is 5.17. The first-order chi connectivity index (χ1) is 12.7. The molecule has 130 valence electrons. The molecular formula is C18H15IN6O. The number of tetrazole rings is 1. The molecule has 7 nitrogen and oxygen atoms in total. The molecule has 0 atom stereocenters. The molecule has 8 heteroatoms. The minimum absolute atomic E-state index is 0.542. The summed E-state index contributed by atoms with van der Waals surface area (Å²) in [5.41, 5.74) is 2.92. The van der Waals surface area contributed by atoms with Crippen LogP contribution in [0.1, 0.15) is 5.56 Å². The Bertz CT molecular complexity index is 1010. The van der Waals surface area contributed by atoms with Crippen molar-refractivity contribution < 1.29 is 4.74 Å². The summed E-state index contributed by atoms with van der Waals surface area (Å²) in [6.45, 7) is 0.542. The molecule has 0 spiro atoms. The van der Waals surface area contributed by atoms with Crippen molar-refractivity contribution in [3.05, 3.63) is 70.1 Å². The summed E-state index contributed by atoms with van der Waals surface area (Å²) in [6, 6.07) is 17.8. The highest BCUT2D eigenvalue weighted by Crippen LogP contribution is 2.24. The molecule has 0 saturated carbocycles. The van der Waals surface area contributed by atoms with Gasteiger partial charge in [-0.05, 0) is 57.6 Å². The molecule has 0 saturated heterocycles. The van der Waals surface area contributed by atoms with Gasteiger partial charge in [0.2, 0.25) is 5.82 Å². The lowest BCUT2D eigenvalue weighted by Crippen LogP contribution is -2.04. The zero-order valence-corrected chi connectivity index (χ0v) is 16.1. The molecule has 2 aromatic heterocycles. The van der Waals surface area contributed by atoms with Crippen molar-refractivity contribution in [1.82, 2.24) is 30.0 Å². The van der Waals surface area contributed by atoms with Crippen molar-refractivity contribution in [3.63, 3.8) is 0 Å². The maximum Gasteiger partial charge on any atom is 0.209 e. The van der Waals surface area contributed by atoms with Gasteiger partial charge in [-0.25, -0.2) is 4.68 Å². The quantitative estimate of drug-likeness (QED) is 0.430. The molecule has 2 aromatic carbocycles. The summed E-state index contributed by atoms with van der Waals surface area (Å²) in [6.07, 6.45) is 1.77. The molecule has 0 N–H and O–H groups in total. The Morgan fingerprint density at radius 2 is 1.81 bits per heavy atom. The van der Waals surface area contributed by atoms with Gasteiger partial charge < -0.3 is 4.74 Å². The number of aromatic nitrogens is 6. The van der Waals surface area contributed by atoms with E-state index in [1.54, 1.807) is 18.1 Å². The summed E-state index contributed by atoms with van der Waals surface area (Å²) in [4.78, 5) is 1.58. The molecule has 0 unspecified atom stereocenters. The van der Waals surface area contributed by atoms with Gasteiger partial charge in [0.05, 0.1) is 31.1 Å². The highest BCUT2D eigenvalue weighted by Gasteiger charge is 2.16. The Morgan fingerprint density at radius 1 is 1.04 bits per heavy atom. The van der Waals surface area contributed by atoms with E-state index in [1.807, 2.05) is 59.3 Å². The minimum Gasteiger partial charge on any atom is -0.497 e. The molecule has 0 aliphatic heterocycles. The van der Waals surface area contributed by atoms with Gasteiger partial charge in [0, 0.05) is 0 Å². The van der Waals surface area contributed by atoms with Crippen molar-refractivity contribution in [2.45, 2.75) is 6.54 Å². The monoisotopic (exact) mass is 458 g/mol. The predicted octanol–water partition coefficient (Wildman–Crippen LogP) is 3.19. The summed E-state index contributed by atoms with van der Waals surface area (Å²) in [5.74, 6) is 1.38. The molecule has 0 amide bonds. The van der Waals surface area contributed by atoms with E-state index in [0.717, 1.165) is 26.3 Å². The van der Waals surface area contributed by atoms with Crippen molar-refractivity contribution in [2.24, 2.45) is 0 Å². The fraction of sp³-hybridized carbons (Fsp3) is 0.111. The molecule has 26 heavy (non-hydrogen) atoms. The second-order valence-electron chi connectivity index (χ2n) is 5.59. The normalized spacial score (nSPS) is 10.8. The van der Waals surface area contributed by atoms with Crippen molar-refractivity contribution in [2.75, 3.05) is 7.11 Å². The van der Waals surface area contributed by atoms with E-state index < -0.39 is 0 Å². The predicted molar refractivity (Wildman–Crippen MR) is 105 cm³/mol. The molecule has 4 aromatic rings. The molecule has 4 rings (SSSR count). The second-order valence-corrected chi connectivity index (χ2v) is 6.61. The lowest BCUT2D eigenvalue weighted by atomic mass is 10.2. The zero-order valence-electron chi connectivity index (χ0n) is 14.0. The number of benzene rings is 2. The fourth-order valence-electron chi connectivity index (χ4n) is 2.54. The SMILES string of the molecule is COc1ccc(Cn2nnc(-c3cnn(-c4ccccc4)c3I)n2)cc1. The molecule has 0 aliphatic rings. The third kappa shape index (κ3) is 3.32. The Hall–Kier alpha value is -2.75. The van der Waals surface area contributed by atoms with Crippen LogP contribution in [0, 0.1) is 3.70 Å². The van der Waals surface area contributed by atoms with E-state index in [1.165, 1.54) is 0 Å². The van der Waals surface area contributed by atoms with Crippen LogP contribution >= 0.6 is 22.6 Å². The Morgan fingerprint density at radius 3 is 2.54 bits per heavy atom. The van der Waals surface area contributed by atoms with Crippen LogP contribution in [-0.2, 0) is 6.54 Å². The number of para-hydroxylation sites is 1. The van der Waals surface area contributed by atoms with E-state index in [9.17, 15) is 0 Å². The fourth-order valence-corrected chi connectivity index (χ4v) is 3.33. The van der Waals surface area contributed by atoms with Gasteiger partial charge in [-0.2, -0.15) is 9.90 Å². The van der Waals surface area contributed by atoms with Crippen LogP contribution in [0.5, 0.6) is 5.75 Å². The van der Waals surface area contributed by atoms with Crippen LogP contribution in [0.25, 0.3) is 17.1 Å². The maximum atomic E-state index is 5.17. The topological polar surface area (TPSA) is 70.7 Å². The lowest BCUT2D eigenvalue weighted by Gasteiger charge is -2.02. The number of ether oxygens (including phenoxy) is 1. The molecule has 0 radical (unpaired) electrons. The van der Waals surface area contributed by atoms with Crippen molar-refractivity contribution in [3.8, 4) is 22.8 Å².